The monoisotopic (exact) mass is 251 g/mol. The van der Waals surface area contributed by atoms with E-state index in [4.69, 9.17) is 5.73 Å². The zero-order valence-electron chi connectivity index (χ0n) is 10.8. The standard InChI is InChI=1S/C16H17N3/c17-9-12-7-8-19(11-12)16-6-5-13(10-18)14-3-1-2-4-15(14)16/h1-6,12H,7-9,11,17H2. The van der Waals surface area contributed by atoms with E-state index in [1.807, 2.05) is 24.3 Å². The fraction of sp³-hybridized carbons (Fsp3) is 0.312. The van der Waals surface area contributed by atoms with E-state index in [1.54, 1.807) is 0 Å². The first-order valence-electron chi connectivity index (χ1n) is 6.70. The Morgan fingerprint density at radius 2 is 2.00 bits per heavy atom. The molecule has 2 aromatic carbocycles. The zero-order valence-corrected chi connectivity index (χ0v) is 10.8. The van der Waals surface area contributed by atoms with Crippen LogP contribution in [0.2, 0.25) is 0 Å². The maximum atomic E-state index is 9.19. The maximum absolute atomic E-state index is 9.19. The van der Waals surface area contributed by atoms with Crippen LogP contribution in [0, 0.1) is 17.2 Å². The molecule has 3 rings (SSSR count). The third kappa shape index (κ3) is 2.05. The van der Waals surface area contributed by atoms with E-state index in [9.17, 15) is 5.26 Å². The lowest BCUT2D eigenvalue weighted by atomic mass is 10.0. The fourth-order valence-electron chi connectivity index (χ4n) is 2.90. The molecule has 0 amide bonds. The lowest BCUT2D eigenvalue weighted by Crippen LogP contribution is -2.22. The Balaban J connectivity index is 2.08. The van der Waals surface area contributed by atoms with Gasteiger partial charge in [0.25, 0.3) is 0 Å². The Morgan fingerprint density at radius 3 is 2.68 bits per heavy atom. The lowest BCUT2D eigenvalue weighted by Gasteiger charge is -2.21. The Labute approximate surface area is 113 Å². The summed E-state index contributed by atoms with van der Waals surface area (Å²) < 4.78 is 0. The number of nitrogens with zero attached hydrogens (tertiary/aromatic N) is 2. The Hall–Kier alpha value is -2.05. The Bertz CT molecular complexity index is 642. The third-order valence-corrected chi connectivity index (χ3v) is 3.98. The second-order valence-corrected chi connectivity index (χ2v) is 5.13. The van der Waals surface area contributed by atoms with Crippen molar-refractivity contribution in [2.24, 2.45) is 11.7 Å². The van der Waals surface area contributed by atoms with E-state index >= 15 is 0 Å². The van der Waals surface area contributed by atoms with Crippen LogP contribution >= 0.6 is 0 Å². The summed E-state index contributed by atoms with van der Waals surface area (Å²) in [5, 5.41) is 11.4. The first-order valence-corrected chi connectivity index (χ1v) is 6.70. The topological polar surface area (TPSA) is 53.0 Å². The van der Waals surface area contributed by atoms with Crippen molar-refractivity contribution in [3.05, 3.63) is 42.0 Å². The molecule has 1 aliphatic heterocycles. The van der Waals surface area contributed by atoms with Gasteiger partial charge in [-0.05, 0) is 31.0 Å². The molecular weight excluding hydrogens is 234 g/mol. The van der Waals surface area contributed by atoms with Gasteiger partial charge in [0.15, 0.2) is 0 Å². The number of hydrogen-bond donors (Lipinski definition) is 1. The predicted molar refractivity (Wildman–Crippen MR) is 78.0 cm³/mol. The van der Waals surface area contributed by atoms with Crippen molar-refractivity contribution in [2.45, 2.75) is 6.42 Å². The molecule has 3 nitrogen and oxygen atoms in total. The van der Waals surface area contributed by atoms with E-state index in [1.165, 1.54) is 11.1 Å². The first-order chi connectivity index (χ1) is 9.33. The van der Waals surface area contributed by atoms with Gasteiger partial charge in [0.05, 0.1) is 11.6 Å². The predicted octanol–water partition coefficient (Wildman–Crippen LogP) is 2.50. The summed E-state index contributed by atoms with van der Waals surface area (Å²) in [5.74, 6) is 0.592. The van der Waals surface area contributed by atoms with Crippen LogP contribution in [0.25, 0.3) is 10.8 Å². The van der Waals surface area contributed by atoms with Gasteiger partial charge in [-0.15, -0.1) is 0 Å². The summed E-state index contributed by atoms with van der Waals surface area (Å²) in [6.07, 6.45) is 1.16. The second kappa shape index (κ2) is 4.91. The largest absolute Gasteiger partial charge is 0.371 e. The Morgan fingerprint density at radius 1 is 1.21 bits per heavy atom. The minimum Gasteiger partial charge on any atom is -0.371 e. The molecule has 0 aliphatic carbocycles. The van der Waals surface area contributed by atoms with Crippen LogP contribution in [0.1, 0.15) is 12.0 Å². The molecule has 0 spiro atoms. The van der Waals surface area contributed by atoms with E-state index < -0.39 is 0 Å². The van der Waals surface area contributed by atoms with Gasteiger partial charge in [-0.3, -0.25) is 0 Å². The first kappa shape index (κ1) is 12.0. The molecule has 1 saturated heterocycles. The highest BCUT2D eigenvalue weighted by molar-refractivity contribution is 5.97. The van der Waals surface area contributed by atoms with Crippen LogP contribution < -0.4 is 10.6 Å². The van der Waals surface area contributed by atoms with Crippen LogP contribution in [-0.2, 0) is 0 Å². The maximum Gasteiger partial charge on any atom is 0.0998 e. The van der Waals surface area contributed by atoms with Crippen molar-refractivity contribution in [3.63, 3.8) is 0 Å². The molecule has 1 atom stereocenters. The molecule has 2 aromatic rings. The normalized spacial score (nSPS) is 18.7. The van der Waals surface area contributed by atoms with Gasteiger partial charge >= 0.3 is 0 Å². The van der Waals surface area contributed by atoms with Gasteiger partial charge in [-0.25, -0.2) is 0 Å². The van der Waals surface area contributed by atoms with Crippen LogP contribution in [-0.4, -0.2) is 19.6 Å². The van der Waals surface area contributed by atoms with Gasteiger partial charge in [0.2, 0.25) is 0 Å². The molecule has 2 N–H and O–H groups in total. The van der Waals surface area contributed by atoms with Gasteiger partial charge in [-0.1, -0.05) is 24.3 Å². The smallest absolute Gasteiger partial charge is 0.0998 e. The molecule has 1 fully saturated rings. The molecule has 96 valence electrons. The summed E-state index contributed by atoms with van der Waals surface area (Å²) in [4.78, 5) is 2.39. The molecule has 0 saturated carbocycles. The van der Waals surface area contributed by atoms with Gasteiger partial charge in [-0.2, -0.15) is 5.26 Å². The summed E-state index contributed by atoms with van der Waals surface area (Å²) >= 11 is 0. The van der Waals surface area contributed by atoms with Crippen LogP contribution in [0.3, 0.4) is 0 Å². The van der Waals surface area contributed by atoms with Gasteiger partial charge < -0.3 is 10.6 Å². The number of nitriles is 1. The SMILES string of the molecule is N#Cc1ccc(N2CCC(CN)C2)c2ccccc12. The van der Waals surface area contributed by atoms with Crippen molar-refractivity contribution in [1.82, 2.24) is 0 Å². The molecule has 1 aliphatic rings. The van der Waals surface area contributed by atoms with E-state index in [-0.39, 0.29) is 0 Å². The highest BCUT2D eigenvalue weighted by Gasteiger charge is 2.22. The molecule has 3 heteroatoms. The van der Waals surface area contributed by atoms with Crippen molar-refractivity contribution < 1.29 is 0 Å². The lowest BCUT2D eigenvalue weighted by molar-refractivity contribution is 0.603. The molecule has 0 aromatic heterocycles. The summed E-state index contributed by atoms with van der Waals surface area (Å²) in [7, 11) is 0. The second-order valence-electron chi connectivity index (χ2n) is 5.13. The van der Waals surface area contributed by atoms with Gasteiger partial charge in [0.1, 0.15) is 0 Å². The van der Waals surface area contributed by atoms with Gasteiger partial charge in [0, 0.05) is 29.5 Å². The fourth-order valence-corrected chi connectivity index (χ4v) is 2.90. The summed E-state index contributed by atoms with van der Waals surface area (Å²) in [5.41, 5.74) is 7.73. The van der Waals surface area contributed by atoms with Crippen LogP contribution in [0.4, 0.5) is 5.69 Å². The minimum atomic E-state index is 0.592. The van der Waals surface area contributed by atoms with Crippen molar-refractivity contribution in [1.29, 1.82) is 5.26 Å². The number of rotatable bonds is 2. The third-order valence-electron chi connectivity index (χ3n) is 3.98. The average molecular weight is 251 g/mol. The molecule has 0 bridgehead atoms. The summed E-state index contributed by atoms with van der Waals surface area (Å²) in [6, 6.07) is 14.4. The molecular formula is C16H17N3. The van der Waals surface area contributed by atoms with Crippen LogP contribution in [0.5, 0.6) is 0 Å². The highest BCUT2D eigenvalue weighted by Crippen LogP contribution is 2.32. The molecule has 1 unspecified atom stereocenters. The van der Waals surface area contributed by atoms with E-state index in [0.717, 1.165) is 37.0 Å². The van der Waals surface area contributed by atoms with Crippen molar-refractivity contribution >= 4 is 16.5 Å². The number of nitrogens with two attached hydrogens (primary N) is 1. The number of fused-ring (bicyclic) bond motifs is 1. The molecule has 1 heterocycles. The Kier molecular flexibility index (Phi) is 3.10. The summed E-state index contributed by atoms with van der Waals surface area (Å²) in [6.45, 7) is 2.83. The number of anilines is 1. The quantitative estimate of drug-likeness (QED) is 0.892. The van der Waals surface area contributed by atoms with Crippen LogP contribution in [0.15, 0.2) is 36.4 Å². The number of hydrogen-bond acceptors (Lipinski definition) is 3. The van der Waals surface area contributed by atoms with Crippen molar-refractivity contribution in [2.75, 3.05) is 24.5 Å². The minimum absolute atomic E-state index is 0.592. The van der Waals surface area contributed by atoms with Crippen molar-refractivity contribution in [3.8, 4) is 6.07 Å². The number of benzene rings is 2. The average Bonchev–Trinajstić information content (AvgIpc) is 2.95. The zero-order chi connectivity index (χ0) is 13.2. The van der Waals surface area contributed by atoms with E-state index in [2.05, 4.69) is 23.1 Å². The molecule has 0 radical (unpaired) electrons. The molecule has 19 heavy (non-hydrogen) atoms. The highest BCUT2D eigenvalue weighted by atomic mass is 15.2. The van der Waals surface area contributed by atoms with E-state index in [0.29, 0.717) is 5.92 Å².